The minimum absolute atomic E-state index is 0.0128. The summed E-state index contributed by atoms with van der Waals surface area (Å²) >= 11 is 6.47. The van der Waals surface area contributed by atoms with Crippen LogP contribution in [0.3, 0.4) is 0 Å². The quantitative estimate of drug-likeness (QED) is 0.400. The lowest BCUT2D eigenvalue weighted by Crippen LogP contribution is -2.42. The van der Waals surface area contributed by atoms with Gasteiger partial charge in [-0.05, 0) is 44.5 Å². The molecular formula is C20H20ClN3O2. The van der Waals surface area contributed by atoms with E-state index in [-0.39, 0.29) is 11.2 Å². The molecule has 0 aromatic heterocycles. The number of non-ortho nitro benzene ring substituents is 1. The summed E-state index contributed by atoms with van der Waals surface area (Å²) in [6.07, 6.45) is 3.87. The molecular weight excluding hydrogens is 350 g/mol. The molecule has 0 saturated heterocycles. The second-order valence-corrected chi connectivity index (χ2v) is 7.37. The van der Waals surface area contributed by atoms with Crippen LogP contribution >= 0.6 is 11.6 Å². The van der Waals surface area contributed by atoms with Crippen molar-refractivity contribution in [2.45, 2.75) is 26.3 Å². The zero-order valence-corrected chi connectivity index (χ0v) is 15.9. The number of fused-ring (bicyclic) bond motifs is 1. The van der Waals surface area contributed by atoms with E-state index in [9.17, 15) is 10.1 Å². The summed E-state index contributed by atoms with van der Waals surface area (Å²) in [5.41, 5.74) is 4.59. The number of hydrogen-bond donors (Lipinski definition) is 0. The molecule has 26 heavy (non-hydrogen) atoms. The molecule has 0 aliphatic carbocycles. The van der Waals surface area contributed by atoms with Crippen LogP contribution in [0.4, 0.5) is 17.1 Å². The highest BCUT2D eigenvalue weighted by molar-refractivity contribution is 6.33. The fourth-order valence-corrected chi connectivity index (χ4v) is 3.32. The van der Waals surface area contributed by atoms with Gasteiger partial charge in [-0.25, -0.2) is 0 Å². The fourth-order valence-electron chi connectivity index (χ4n) is 3.12. The van der Waals surface area contributed by atoms with E-state index in [1.54, 1.807) is 18.3 Å². The van der Waals surface area contributed by atoms with Gasteiger partial charge in [-0.3, -0.25) is 15.1 Å². The van der Waals surface area contributed by atoms with Gasteiger partial charge in [0.05, 0.1) is 21.2 Å². The normalized spacial score (nSPS) is 15.7. The van der Waals surface area contributed by atoms with Crippen molar-refractivity contribution < 1.29 is 4.92 Å². The number of likely N-dealkylation sites (N-methyl/N-ethyl adjacent to an activating group) is 1. The van der Waals surface area contributed by atoms with Crippen molar-refractivity contribution in [3.8, 4) is 0 Å². The van der Waals surface area contributed by atoms with Crippen LogP contribution in [0, 0.1) is 10.1 Å². The minimum Gasteiger partial charge on any atom is -0.365 e. The highest BCUT2D eigenvalue weighted by atomic mass is 35.5. The molecule has 0 N–H and O–H groups in total. The molecule has 1 heterocycles. The summed E-state index contributed by atoms with van der Waals surface area (Å²) in [5, 5.41) is 11.5. The lowest BCUT2D eigenvalue weighted by Gasteiger charge is -2.40. The second kappa shape index (κ2) is 6.57. The maximum atomic E-state index is 10.9. The van der Waals surface area contributed by atoms with Gasteiger partial charge in [0.2, 0.25) is 0 Å². The number of benzene rings is 2. The van der Waals surface area contributed by atoms with Crippen molar-refractivity contribution in [2.75, 3.05) is 11.9 Å². The molecule has 0 atom stereocenters. The Balaban J connectivity index is 1.99. The Morgan fingerprint density at radius 2 is 2.00 bits per heavy atom. The largest absolute Gasteiger partial charge is 0.365 e. The maximum absolute atomic E-state index is 10.9. The Hall–Kier alpha value is -2.66. The summed E-state index contributed by atoms with van der Waals surface area (Å²) < 4.78 is 0. The van der Waals surface area contributed by atoms with Crippen LogP contribution in [0.5, 0.6) is 0 Å². The molecule has 2 aromatic rings. The molecule has 0 unspecified atom stereocenters. The number of anilines is 1. The number of aliphatic imine (C=N–C) groups is 1. The van der Waals surface area contributed by atoms with Crippen LogP contribution in [0.25, 0.3) is 5.57 Å². The molecule has 0 fully saturated rings. The third-order valence-corrected chi connectivity index (χ3v) is 5.06. The topological polar surface area (TPSA) is 58.7 Å². The SMILES string of the molecule is CC1=CC(C)(C)N(C)c2cc(Cl)c(C=Nc3cccc([N+](=O)[O-])c3)cc21. The van der Waals surface area contributed by atoms with E-state index in [0.29, 0.717) is 10.7 Å². The average molecular weight is 370 g/mol. The molecule has 6 heteroatoms. The van der Waals surface area contributed by atoms with Gasteiger partial charge in [-0.15, -0.1) is 0 Å². The lowest BCUT2D eigenvalue weighted by atomic mass is 9.88. The molecule has 0 amide bonds. The maximum Gasteiger partial charge on any atom is 0.271 e. The van der Waals surface area contributed by atoms with E-state index in [1.807, 2.05) is 12.1 Å². The van der Waals surface area contributed by atoms with E-state index < -0.39 is 4.92 Å². The Bertz CT molecular complexity index is 948. The van der Waals surface area contributed by atoms with Gasteiger partial charge in [0, 0.05) is 42.2 Å². The summed E-state index contributed by atoms with van der Waals surface area (Å²) in [6.45, 7) is 6.40. The predicted octanol–water partition coefficient (Wildman–Crippen LogP) is 5.63. The molecule has 0 radical (unpaired) electrons. The van der Waals surface area contributed by atoms with Crippen molar-refractivity contribution >= 4 is 40.5 Å². The highest BCUT2D eigenvalue weighted by Crippen LogP contribution is 2.40. The predicted molar refractivity (Wildman–Crippen MR) is 108 cm³/mol. The van der Waals surface area contributed by atoms with Gasteiger partial charge in [0.1, 0.15) is 0 Å². The van der Waals surface area contributed by atoms with Crippen LogP contribution in [-0.2, 0) is 0 Å². The Morgan fingerprint density at radius 3 is 2.69 bits per heavy atom. The number of nitro groups is 1. The second-order valence-electron chi connectivity index (χ2n) is 6.97. The summed E-state index contributed by atoms with van der Waals surface area (Å²) in [6, 6.07) is 10.2. The van der Waals surface area contributed by atoms with Crippen molar-refractivity contribution in [2.24, 2.45) is 4.99 Å². The Kier molecular flexibility index (Phi) is 4.59. The fraction of sp³-hybridized carbons (Fsp3) is 0.250. The number of nitrogens with zero attached hydrogens (tertiary/aromatic N) is 3. The van der Waals surface area contributed by atoms with Gasteiger partial charge >= 0.3 is 0 Å². The first kappa shape index (κ1) is 18.1. The molecule has 134 valence electrons. The molecule has 0 spiro atoms. The van der Waals surface area contributed by atoms with Crippen molar-refractivity contribution in [1.82, 2.24) is 0 Å². The minimum atomic E-state index is -0.434. The van der Waals surface area contributed by atoms with Gasteiger partial charge in [0.15, 0.2) is 0 Å². The van der Waals surface area contributed by atoms with Gasteiger partial charge in [-0.2, -0.15) is 0 Å². The number of hydrogen-bond acceptors (Lipinski definition) is 4. The van der Waals surface area contributed by atoms with Gasteiger partial charge in [-0.1, -0.05) is 23.7 Å². The smallest absolute Gasteiger partial charge is 0.271 e. The van der Waals surface area contributed by atoms with E-state index in [1.165, 1.54) is 17.7 Å². The third-order valence-electron chi connectivity index (χ3n) is 4.73. The Morgan fingerprint density at radius 1 is 1.27 bits per heavy atom. The van der Waals surface area contributed by atoms with E-state index in [0.717, 1.165) is 16.8 Å². The zero-order valence-electron chi connectivity index (χ0n) is 15.2. The third kappa shape index (κ3) is 3.35. The van der Waals surface area contributed by atoms with Gasteiger partial charge in [0.25, 0.3) is 5.69 Å². The molecule has 1 aliphatic rings. The zero-order chi connectivity index (χ0) is 19.1. The molecule has 0 saturated carbocycles. The monoisotopic (exact) mass is 369 g/mol. The molecule has 0 bridgehead atoms. The first-order valence-corrected chi connectivity index (χ1v) is 8.62. The van der Waals surface area contributed by atoms with Crippen LogP contribution < -0.4 is 4.90 Å². The summed E-state index contributed by atoms with van der Waals surface area (Å²) in [7, 11) is 2.05. The Labute approximate surface area is 157 Å². The summed E-state index contributed by atoms with van der Waals surface area (Å²) in [4.78, 5) is 17.0. The van der Waals surface area contributed by atoms with Crippen LogP contribution in [0.1, 0.15) is 31.9 Å². The van der Waals surface area contributed by atoms with E-state index >= 15 is 0 Å². The first-order valence-electron chi connectivity index (χ1n) is 8.25. The molecule has 1 aliphatic heterocycles. The van der Waals surface area contributed by atoms with Crippen molar-refractivity contribution in [3.05, 3.63) is 68.7 Å². The number of rotatable bonds is 3. The molecule has 2 aromatic carbocycles. The van der Waals surface area contributed by atoms with Crippen molar-refractivity contribution in [3.63, 3.8) is 0 Å². The molecule has 5 nitrogen and oxygen atoms in total. The number of halogens is 1. The lowest BCUT2D eigenvalue weighted by molar-refractivity contribution is -0.384. The average Bonchev–Trinajstić information content (AvgIpc) is 2.58. The highest BCUT2D eigenvalue weighted by Gasteiger charge is 2.29. The standard InChI is InChI=1S/C20H20ClN3O2/c1-13-11-20(2,3)23(4)19-10-18(21)14(8-17(13)19)12-22-15-6-5-7-16(9-15)24(25)26/h5-12H,1-4H3. The van der Waals surface area contributed by atoms with E-state index in [4.69, 9.17) is 11.6 Å². The van der Waals surface area contributed by atoms with Crippen LogP contribution in [-0.4, -0.2) is 23.7 Å². The van der Waals surface area contributed by atoms with Crippen LogP contribution in [0.2, 0.25) is 5.02 Å². The van der Waals surface area contributed by atoms with Crippen LogP contribution in [0.15, 0.2) is 47.5 Å². The van der Waals surface area contributed by atoms with Crippen molar-refractivity contribution in [1.29, 1.82) is 0 Å². The van der Waals surface area contributed by atoms with Gasteiger partial charge < -0.3 is 4.90 Å². The first-order chi connectivity index (χ1) is 12.2. The van der Waals surface area contributed by atoms with E-state index in [2.05, 4.69) is 43.8 Å². The number of allylic oxidation sites excluding steroid dienone is 1. The summed E-state index contributed by atoms with van der Waals surface area (Å²) in [5.74, 6) is 0. The number of nitro benzene ring substituents is 1. The molecule has 3 rings (SSSR count).